The number of alkyl halides is 3. The van der Waals surface area contributed by atoms with Crippen LogP contribution in [0.25, 0.3) is 0 Å². The van der Waals surface area contributed by atoms with E-state index in [0.29, 0.717) is 29.2 Å². The maximum absolute atomic E-state index is 12.0. The minimum Gasteiger partial charge on any atom is -0.370 e. The average molecular weight is 354 g/mol. The highest BCUT2D eigenvalue weighted by molar-refractivity contribution is 9.10. The largest absolute Gasteiger partial charge is 0.389 e. The summed E-state index contributed by atoms with van der Waals surface area (Å²) in [5.74, 6) is 1.31. The van der Waals surface area contributed by atoms with Gasteiger partial charge in [0, 0.05) is 24.4 Å². The molecule has 7 heteroatoms. The van der Waals surface area contributed by atoms with Gasteiger partial charge in [0.25, 0.3) is 0 Å². The van der Waals surface area contributed by atoms with Gasteiger partial charge in [-0.2, -0.15) is 13.2 Å². The van der Waals surface area contributed by atoms with Crippen molar-refractivity contribution < 1.29 is 13.2 Å². The van der Waals surface area contributed by atoms with Crippen LogP contribution >= 0.6 is 15.9 Å². The monoisotopic (exact) mass is 353 g/mol. The van der Waals surface area contributed by atoms with Crippen LogP contribution in [-0.2, 0) is 5.41 Å². The molecule has 1 rings (SSSR count). The van der Waals surface area contributed by atoms with Crippen molar-refractivity contribution in [2.75, 3.05) is 11.9 Å². The van der Waals surface area contributed by atoms with Gasteiger partial charge in [0.05, 0.1) is 0 Å². The maximum Gasteiger partial charge on any atom is 0.389 e. The third-order valence-electron chi connectivity index (χ3n) is 2.56. The Balaban J connectivity index is 2.50. The Morgan fingerprint density at radius 2 is 1.80 bits per heavy atom. The lowest BCUT2D eigenvalue weighted by atomic mass is 9.96. The van der Waals surface area contributed by atoms with Crippen molar-refractivity contribution in [1.82, 2.24) is 9.97 Å². The van der Waals surface area contributed by atoms with Gasteiger partial charge in [-0.25, -0.2) is 9.97 Å². The Labute approximate surface area is 125 Å². The van der Waals surface area contributed by atoms with Gasteiger partial charge in [0.15, 0.2) is 0 Å². The van der Waals surface area contributed by atoms with E-state index in [1.54, 1.807) is 6.07 Å². The van der Waals surface area contributed by atoms with Gasteiger partial charge in [-0.1, -0.05) is 20.8 Å². The molecule has 0 fully saturated rings. The van der Waals surface area contributed by atoms with Crippen LogP contribution in [0.3, 0.4) is 0 Å². The second kappa shape index (κ2) is 6.74. The molecule has 0 saturated carbocycles. The summed E-state index contributed by atoms with van der Waals surface area (Å²) in [5, 5.41) is 3.04. The average Bonchev–Trinajstić information content (AvgIpc) is 2.25. The fraction of sp³-hybridized carbons (Fsp3) is 0.692. The summed E-state index contributed by atoms with van der Waals surface area (Å²) in [7, 11) is 0. The van der Waals surface area contributed by atoms with Gasteiger partial charge in [0.1, 0.15) is 16.2 Å². The van der Waals surface area contributed by atoms with Crippen molar-refractivity contribution >= 4 is 21.7 Å². The van der Waals surface area contributed by atoms with E-state index in [1.807, 2.05) is 20.8 Å². The van der Waals surface area contributed by atoms with E-state index in [2.05, 4.69) is 31.2 Å². The molecule has 0 aliphatic rings. The molecule has 0 saturated heterocycles. The zero-order valence-electron chi connectivity index (χ0n) is 11.8. The van der Waals surface area contributed by atoms with Crippen molar-refractivity contribution in [3.8, 4) is 0 Å². The predicted octanol–water partition coefficient (Wildman–Crippen LogP) is 4.68. The molecule has 0 unspecified atom stereocenters. The summed E-state index contributed by atoms with van der Waals surface area (Å²) in [6.45, 7) is 6.47. The number of halogens is 4. The predicted molar refractivity (Wildman–Crippen MR) is 76.8 cm³/mol. The van der Waals surface area contributed by atoms with Gasteiger partial charge in [0.2, 0.25) is 0 Å². The lowest BCUT2D eigenvalue weighted by Crippen LogP contribution is -2.17. The highest BCUT2D eigenvalue weighted by Gasteiger charge is 2.25. The Kier molecular flexibility index (Phi) is 5.79. The Hall–Kier alpha value is -0.850. The van der Waals surface area contributed by atoms with Crippen LogP contribution in [0.5, 0.6) is 0 Å². The summed E-state index contributed by atoms with van der Waals surface area (Å²) in [4.78, 5) is 8.68. The number of nitrogens with zero attached hydrogens (tertiary/aromatic N) is 2. The van der Waals surface area contributed by atoms with Crippen LogP contribution < -0.4 is 5.32 Å². The fourth-order valence-corrected chi connectivity index (χ4v) is 1.90. The molecular weight excluding hydrogens is 335 g/mol. The van der Waals surface area contributed by atoms with Gasteiger partial charge >= 0.3 is 6.18 Å². The zero-order valence-corrected chi connectivity index (χ0v) is 13.4. The first kappa shape index (κ1) is 17.2. The fourth-order valence-electron chi connectivity index (χ4n) is 1.51. The van der Waals surface area contributed by atoms with Gasteiger partial charge < -0.3 is 5.32 Å². The van der Waals surface area contributed by atoms with E-state index in [9.17, 15) is 13.2 Å². The maximum atomic E-state index is 12.0. The second-order valence-electron chi connectivity index (χ2n) is 5.65. The molecule has 0 spiro atoms. The number of hydrogen-bond donors (Lipinski definition) is 1. The van der Waals surface area contributed by atoms with Gasteiger partial charge in [-0.3, -0.25) is 0 Å². The van der Waals surface area contributed by atoms with Crippen molar-refractivity contribution in [2.24, 2.45) is 0 Å². The van der Waals surface area contributed by atoms with E-state index >= 15 is 0 Å². The third kappa shape index (κ3) is 6.54. The first-order chi connectivity index (χ1) is 9.08. The summed E-state index contributed by atoms with van der Waals surface area (Å²) >= 11 is 3.31. The summed E-state index contributed by atoms with van der Waals surface area (Å²) in [5.41, 5.74) is -0.184. The van der Waals surface area contributed by atoms with Gasteiger partial charge in [-0.15, -0.1) is 0 Å². The van der Waals surface area contributed by atoms with Crippen LogP contribution in [0.1, 0.15) is 45.9 Å². The third-order valence-corrected chi connectivity index (χ3v) is 2.97. The lowest BCUT2D eigenvalue weighted by Gasteiger charge is -2.18. The normalized spacial score (nSPS) is 12.6. The van der Waals surface area contributed by atoms with Crippen LogP contribution in [0.4, 0.5) is 19.0 Å². The van der Waals surface area contributed by atoms with Gasteiger partial charge in [-0.05, 0) is 28.8 Å². The second-order valence-corrected chi connectivity index (χ2v) is 6.46. The Bertz CT molecular complexity index is 441. The smallest absolute Gasteiger partial charge is 0.370 e. The number of nitrogens with one attached hydrogen (secondary N) is 1. The number of unbranched alkanes of at least 4 members (excludes halogenated alkanes) is 1. The minimum absolute atomic E-state index is 0.120. The van der Waals surface area contributed by atoms with E-state index in [4.69, 9.17) is 0 Å². The highest BCUT2D eigenvalue weighted by Crippen LogP contribution is 2.23. The standard InChI is InChI=1S/C13H19BrF3N3/c1-12(2,3)11-19-9(14)8-10(20-11)18-7-5-4-6-13(15,16)17/h8H,4-7H2,1-3H3,(H,18,19,20). The first-order valence-corrected chi connectivity index (χ1v) is 7.23. The molecule has 114 valence electrons. The molecule has 0 aromatic carbocycles. The molecule has 1 aromatic rings. The topological polar surface area (TPSA) is 37.8 Å². The highest BCUT2D eigenvalue weighted by atomic mass is 79.9. The quantitative estimate of drug-likeness (QED) is 0.616. The molecule has 20 heavy (non-hydrogen) atoms. The van der Waals surface area contributed by atoms with E-state index < -0.39 is 12.6 Å². The summed E-state index contributed by atoms with van der Waals surface area (Å²) in [6.07, 6.45) is -4.24. The first-order valence-electron chi connectivity index (χ1n) is 6.43. The molecular formula is C13H19BrF3N3. The molecule has 0 radical (unpaired) electrons. The van der Waals surface area contributed by atoms with E-state index in [0.717, 1.165) is 0 Å². The van der Waals surface area contributed by atoms with Crippen LogP contribution in [0.2, 0.25) is 0 Å². The number of anilines is 1. The summed E-state index contributed by atoms with van der Waals surface area (Å²) in [6, 6.07) is 1.72. The molecule has 1 aromatic heterocycles. The molecule has 1 heterocycles. The van der Waals surface area contributed by atoms with Crippen molar-refractivity contribution in [2.45, 2.75) is 51.6 Å². The summed E-state index contributed by atoms with van der Waals surface area (Å²) < 4.78 is 36.6. The molecule has 3 nitrogen and oxygen atoms in total. The van der Waals surface area contributed by atoms with E-state index in [-0.39, 0.29) is 11.8 Å². The SMILES string of the molecule is CC(C)(C)c1nc(Br)cc(NCCCCC(F)(F)F)n1. The molecule has 0 aliphatic heterocycles. The van der Waals surface area contributed by atoms with Crippen LogP contribution in [-0.4, -0.2) is 22.7 Å². The molecule has 0 aliphatic carbocycles. The van der Waals surface area contributed by atoms with E-state index in [1.165, 1.54) is 0 Å². The van der Waals surface area contributed by atoms with Crippen molar-refractivity contribution in [3.05, 3.63) is 16.5 Å². The van der Waals surface area contributed by atoms with Crippen LogP contribution in [0.15, 0.2) is 10.7 Å². The number of rotatable bonds is 5. The molecule has 0 bridgehead atoms. The van der Waals surface area contributed by atoms with Crippen molar-refractivity contribution in [1.29, 1.82) is 0 Å². The molecule has 0 amide bonds. The lowest BCUT2D eigenvalue weighted by molar-refractivity contribution is -0.135. The Morgan fingerprint density at radius 3 is 2.35 bits per heavy atom. The molecule has 0 atom stereocenters. The zero-order chi connectivity index (χ0) is 15.4. The Morgan fingerprint density at radius 1 is 1.15 bits per heavy atom. The van der Waals surface area contributed by atoms with Crippen LogP contribution in [0, 0.1) is 0 Å². The van der Waals surface area contributed by atoms with Crippen molar-refractivity contribution in [3.63, 3.8) is 0 Å². The number of aromatic nitrogens is 2. The minimum atomic E-state index is -4.07. The number of hydrogen-bond acceptors (Lipinski definition) is 3. The molecule has 1 N–H and O–H groups in total.